The van der Waals surface area contributed by atoms with E-state index in [9.17, 15) is 24.5 Å². The molecule has 3 aliphatic rings. The van der Waals surface area contributed by atoms with E-state index in [0.29, 0.717) is 16.8 Å². The van der Waals surface area contributed by atoms with Crippen molar-refractivity contribution in [2.75, 3.05) is 10.2 Å². The number of carbonyl (C=O) groups is 3. The number of nitro groups is 1. The Hall–Kier alpha value is -5.44. The molecule has 4 atom stereocenters. The van der Waals surface area contributed by atoms with Crippen LogP contribution in [0.25, 0.3) is 5.57 Å². The van der Waals surface area contributed by atoms with E-state index in [1.165, 1.54) is 36.7 Å². The van der Waals surface area contributed by atoms with Crippen molar-refractivity contribution in [3.8, 4) is 0 Å². The third-order valence-electron chi connectivity index (χ3n) is 8.76. The second kappa shape index (κ2) is 9.31. The Morgan fingerprint density at radius 2 is 1.57 bits per heavy atom. The topological polar surface area (TPSA) is 123 Å². The maximum absolute atomic E-state index is 14.7. The van der Waals surface area contributed by atoms with E-state index in [4.69, 9.17) is 0 Å². The first-order valence-corrected chi connectivity index (χ1v) is 13.5. The number of non-ortho nitro benzene ring substituents is 1. The van der Waals surface area contributed by atoms with Gasteiger partial charge >= 0.3 is 0 Å². The summed E-state index contributed by atoms with van der Waals surface area (Å²) < 4.78 is 0. The zero-order valence-corrected chi connectivity index (χ0v) is 22.4. The van der Waals surface area contributed by atoms with Gasteiger partial charge in [0.15, 0.2) is 11.6 Å². The van der Waals surface area contributed by atoms with E-state index in [-0.39, 0.29) is 22.9 Å². The Morgan fingerprint density at radius 3 is 2.31 bits per heavy atom. The van der Waals surface area contributed by atoms with Crippen LogP contribution in [0.4, 0.5) is 17.1 Å². The molecule has 4 heterocycles. The van der Waals surface area contributed by atoms with Crippen LogP contribution in [-0.4, -0.2) is 39.5 Å². The van der Waals surface area contributed by atoms with Crippen molar-refractivity contribution < 1.29 is 19.3 Å². The lowest BCUT2D eigenvalue weighted by molar-refractivity contribution is -0.384. The predicted molar refractivity (Wildman–Crippen MR) is 156 cm³/mol. The normalized spacial score (nSPS) is 23.5. The van der Waals surface area contributed by atoms with Crippen molar-refractivity contribution in [1.29, 1.82) is 0 Å². The number of para-hydroxylation sites is 2. The van der Waals surface area contributed by atoms with Crippen molar-refractivity contribution in [3.63, 3.8) is 0 Å². The van der Waals surface area contributed by atoms with Crippen LogP contribution < -0.4 is 10.2 Å². The molecule has 3 aliphatic heterocycles. The summed E-state index contributed by atoms with van der Waals surface area (Å²) >= 11 is 0. The number of carbonyl (C=O) groups excluding carboxylic acids is 3. The Balaban J connectivity index is 1.53. The van der Waals surface area contributed by atoms with Gasteiger partial charge in [-0.25, -0.2) is 0 Å². The molecule has 1 amide bonds. The van der Waals surface area contributed by atoms with E-state index < -0.39 is 34.1 Å². The number of aromatic nitrogens is 1. The van der Waals surface area contributed by atoms with Gasteiger partial charge in [0.25, 0.3) is 5.69 Å². The summed E-state index contributed by atoms with van der Waals surface area (Å²) in [4.78, 5) is 60.5. The number of fused-ring (bicyclic) bond motifs is 6. The first-order chi connectivity index (χ1) is 20.3. The monoisotopic (exact) mass is 556 g/mol. The lowest BCUT2D eigenvalue weighted by atomic mass is 9.64. The molecule has 0 unspecified atom stereocenters. The summed E-state index contributed by atoms with van der Waals surface area (Å²) in [7, 11) is 0. The summed E-state index contributed by atoms with van der Waals surface area (Å²) in [6.07, 6.45) is 5.01. The molecular formula is C33H24N4O5. The van der Waals surface area contributed by atoms with Crippen LogP contribution in [0.15, 0.2) is 103 Å². The summed E-state index contributed by atoms with van der Waals surface area (Å²) in [6, 6.07) is 21.7. The smallest absolute Gasteiger partial charge is 0.269 e. The zero-order valence-electron chi connectivity index (χ0n) is 22.4. The Morgan fingerprint density at radius 1 is 0.905 bits per heavy atom. The number of anilines is 2. The first kappa shape index (κ1) is 25.5. The molecule has 0 radical (unpaired) electrons. The van der Waals surface area contributed by atoms with Crippen LogP contribution in [0.2, 0.25) is 0 Å². The molecule has 7 rings (SSSR count). The molecule has 42 heavy (non-hydrogen) atoms. The molecule has 3 aromatic carbocycles. The number of allylic oxidation sites excluding steroid dienone is 1. The number of pyridine rings is 1. The van der Waals surface area contributed by atoms with Gasteiger partial charge in [-0.2, -0.15) is 0 Å². The lowest BCUT2D eigenvalue weighted by Gasteiger charge is -2.39. The number of nitrogens with one attached hydrogen (secondary N) is 1. The Labute approximate surface area is 240 Å². The highest BCUT2D eigenvalue weighted by atomic mass is 16.6. The quantitative estimate of drug-likeness (QED) is 0.203. The van der Waals surface area contributed by atoms with Crippen molar-refractivity contribution in [1.82, 2.24) is 4.98 Å². The molecule has 1 fully saturated rings. The first-order valence-electron chi connectivity index (χ1n) is 13.5. The fourth-order valence-corrected chi connectivity index (χ4v) is 7.00. The molecule has 0 aliphatic carbocycles. The maximum Gasteiger partial charge on any atom is 0.269 e. The SMILES string of the molecule is CC1=C[C@@H]2N(c3ccccc31)[C@H](C(=O)c1ccc([N+](=O)[O-])cc1)[C@H](C(=O)c1ccncc1)[C@]21C(=O)Nc2ccccc21. The van der Waals surface area contributed by atoms with E-state index >= 15 is 0 Å². The van der Waals surface area contributed by atoms with Gasteiger partial charge < -0.3 is 10.2 Å². The zero-order chi connectivity index (χ0) is 29.2. The molecule has 1 aromatic heterocycles. The summed E-state index contributed by atoms with van der Waals surface area (Å²) in [5.41, 5.74) is 2.78. The molecule has 9 heteroatoms. The number of benzene rings is 3. The van der Waals surface area contributed by atoms with Crippen molar-refractivity contribution in [2.24, 2.45) is 5.92 Å². The Kier molecular flexibility index (Phi) is 5.65. The van der Waals surface area contributed by atoms with Gasteiger partial charge in [0.05, 0.1) is 16.9 Å². The molecule has 4 aromatic rings. The van der Waals surface area contributed by atoms with Gasteiger partial charge in [0.2, 0.25) is 5.91 Å². The molecule has 206 valence electrons. The van der Waals surface area contributed by atoms with E-state index in [1.807, 2.05) is 60.4 Å². The second-order valence-corrected chi connectivity index (χ2v) is 10.8. The minimum Gasteiger partial charge on any atom is -0.352 e. The predicted octanol–water partition coefficient (Wildman–Crippen LogP) is 5.24. The Bertz CT molecular complexity index is 1830. The number of rotatable bonds is 5. The summed E-state index contributed by atoms with van der Waals surface area (Å²) in [5.74, 6) is -2.25. The fraction of sp³-hybridized carbons (Fsp3) is 0.152. The van der Waals surface area contributed by atoms with Crippen LogP contribution in [0.1, 0.15) is 38.8 Å². The largest absolute Gasteiger partial charge is 0.352 e. The third kappa shape index (κ3) is 3.43. The van der Waals surface area contributed by atoms with Crippen LogP contribution in [0, 0.1) is 16.0 Å². The molecule has 1 saturated heterocycles. The van der Waals surface area contributed by atoms with Crippen LogP contribution in [0.5, 0.6) is 0 Å². The number of hydrogen-bond acceptors (Lipinski definition) is 7. The van der Waals surface area contributed by atoms with E-state index in [1.54, 1.807) is 18.2 Å². The standard InChI is InChI=1S/C33H24N4O5/c1-19-18-27-33(24-7-3-4-8-25(24)35-32(33)40)28(30(38)21-14-16-34-17-15-21)29(36(27)26-9-5-2-6-23(19)26)31(39)20-10-12-22(13-11-20)37(41)42/h2-18,27-29H,1H3,(H,35,40)/t27-,28+,29-,33+/m0/s1. The number of Topliss-reactive ketones (excluding diaryl/α,β-unsaturated/α-hetero) is 2. The van der Waals surface area contributed by atoms with Crippen LogP contribution in [-0.2, 0) is 10.2 Å². The van der Waals surface area contributed by atoms with Gasteiger partial charge in [-0.05, 0) is 54.5 Å². The number of nitro benzene ring substituents is 1. The summed E-state index contributed by atoms with van der Waals surface area (Å²) in [6.45, 7) is 1.97. The molecule has 0 saturated carbocycles. The van der Waals surface area contributed by atoms with E-state index in [2.05, 4.69) is 10.3 Å². The van der Waals surface area contributed by atoms with Crippen molar-refractivity contribution in [3.05, 3.63) is 136 Å². The molecule has 0 bridgehead atoms. The van der Waals surface area contributed by atoms with Gasteiger partial charge in [0.1, 0.15) is 11.5 Å². The number of nitrogens with zero attached hydrogens (tertiary/aromatic N) is 3. The van der Waals surface area contributed by atoms with Gasteiger partial charge in [-0.15, -0.1) is 0 Å². The highest BCUT2D eigenvalue weighted by Crippen LogP contribution is 2.58. The molecule has 1 spiro atoms. The van der Waals surface area contributed by atoms with Gasteiger partial charge in [0, 0.05) is 52.6 Å². The van der Waals surface area contributed by atoms with Crippen LogP contribution in [0.3, 0.4) is 0 Å². The van der Waals surface area contributed by atoms with Gasteiger partial charge in [-0.1, -0.05) is 42.5 Å². The van der Waals surface area contributed by atoms with Crippen molar-refractivity contribution >= 4 is 40.1 Å². The molecule has 1 N–H and O–H groups in total. The minimum atomic E-state index is -1.44. The average molecular weight is 557 g/mol. The fourth-order valence-electron chi connectivity index (χ4n) is 7.00. The van der Waals surface area contributed by atoms with Crippen molar-refractivity contribution in [2.45, 2.75) is 24.4 Å². The minimum absolute atomic E-state index is 0.150. The number of hydrogen-bond donors (Lipinski definition) is 1. The van der Waals surface area contributed by atoms with Gasteiger partial charge in [-0.3, -0.25) is 29.5 Å². The second-order valence-electron chi connectivity index (χ2n) is 10.8. The number of ketones is 2. The average Bonchev–Trinajstić information content (AvgIpc) is 3.49. The number of amides is 1. The molecular weight excluding hydrogens is 532 g/mol. The maximum atomic E-state index is 14.7. The lowest BCUT2D eigenvalue weighted by Crippen LogP contribution is -2.51. The van der Waals surface area contributed by atoms with E-state index in [0.717, 1.165) is 16.8 Å². The highest BCUT2D eigenvalue weighted by Gasteiger charge is 2.70. The molecule has 9 nitrogen and oxygen atoms in total. The summed E-state index contributed by atoms with van der Waals surface area (Å²) in [5, 5.41) is 14.3. The van der Waals surface area contributed by atoms with Crippen LogP contribution >= 0.6 is 0 Å². The third-order valence-corrected chi connectivity index (χ3v) is 8.76. The highest BCUT2D eigenvalue weighted by molar-refractivity contribution is 6.18.